The lowest BCUT2D eigenvalue weighted by Crippen LogP contribution is -2.58. The van der Waals surface area contributed by atoms with Crippen LogP contribution in [0.15, 0.2) is 24.3 Å². The number of ether oxygens (including phenoxy) is 1. The highest BCUT2D eigenvalue weighted by Crippen LogP contribution is 2.53. The van der Waals surface area contributed by atoms with Gasteiger partial charge in [0.25, 0.3) is 0 Å². The summed E-state index contributed by atoms with van der Waals surface area (Å²) in [5, 5.41) is 0. The molecule has 0 fully saturated rings. The highest BCUT2D eigenvalue weighted by Gasteiger charge is 2.76. The number of esters is 1. The smallest absolute Gasteiger partial charge is 0.428 e. The highest BCUT2D eigenvalue weighted by molar-refractivity contribution is 5.76. The third-order valence-electron chi connectivity index (χ3n) is 4.23. The monoisotopic (exact) mass is 410 g/mol. The van der Waals surface area contributed by atoms with Gasteiger partial charge < -0.3 is 4.74 Å². The van der Waals surface area contributed by atoms with Gasteiger partial charge >= 0.3 is 30.1 Å². The number of benzene rings is 1. The lowest BCUT2D eigenvalue weighted by atomic mass is 9.80. The Morgan fingerprint density at radius 1 is 0.815 bits per heavy atom. The Labute approximate surface area is 148 Å². The molecule has 1 rings (SSSR count). The molecular formula is C16H15F9O2. The van der Waals surface area contributed by atoms with Crippen molar-refractivity contribution < 1.29 is 49.0 Å². The first kappa shape index (κ1) is 23.1. The molecule has 11 heteroatoms. The summed E-state index contributed by atoms with van der Waals surface area (Å²) < 4.78 is 120. The van der Waals surface area contributed by atoms with E-state index in [9.17, 15) is 44.3 Å². The summed E-state index contributed by atoms with van der Waals surface area (Å²) in [4.78, 5) is 10.9. The summed E-state index contributed by atoms with van der Waals surface area (Å²) in [5.41, 5.74) is -7.40. The molecule has 1 aromatic carbocycles. The van der Waals surface area contributed by atoms with Crippen LogP contribution < -0.4 is 0 Å². The topological polar surface area (TPSA) is 26.3 Å². The van der Waals surface area contributed by atoms with Crippen LogP contribution >= 0.6 is 0 Å². The average molecular weight is 410 g/mol. The Hall–Kier alpha value is -1.94. The summed E-state index contributed by atoms with van der Waals surface area (Å²) in [6.07, 6.45) is -18.4. The maximum Gasteiger partial charge on any atom is 0.490 e. The first-order valence-electron chi connectivity index (χ1n) is 7.45. The van der Waals surface area contributed by atoms with Gasteiger partial charge in [0.15, 0.2) is 0 Å². The fraction of sp³-hybridized carbons (Fsp3) is 0.562. The van der Waals surface area contributed by atoms with Crippen LogP contribution in [0, 0.1) is 0 Å². The SMILES string of the molecule is CCC(C)(C)c1ccc(C(OC(=O)C(F)(F)F)(C(F)(F)F)C(F)(F)F)cc1. The van der Waals surface area contributed by atoms with Gasteiger partial charge in [0.2, 0.25) is 0 Å². The molecule has 0 bridgehead atoms. The third kappa shape index (κ3) is 4.32. The predicted octanol–water partition coefficient (Wildman–Crippen LogP) is 5.80. The Kier molecular flexibility index (Phi) is 5.90. The first-order chi connectivity index (χ1) is 11.9. The molecule has 0 aliphatic rings. The molecule has 154 valence electrons. The normalized spacial score (nSPS) is 14.2. The van der Waals surface area contributed by atoms with Crippen molar-refractivity contribution >= 4 is 5.97 Å². The Bertz CT molecular complexity index is 653. The molecule has 0 saturated heterocycles. The average Bonchev–Trinajstić information content (AvgIpc) is 2.49. The predicted molar refractivity (Wildman–Crippen MR) is 75.7 cm³/mol. The molecule has 0 heterocycles. The molecule has 1 aromatic rings. The maximum atomic E-state index is 13.3. The number of carbonyl (C=O) groups is 1. The summed E-state index contributed by atoms with van der Waals surface area (Å²) >= 11 is 0. The standard InChI is InChI=1S/C16H15F9O2/c1-4-12(2,3)9-5-7-10(8-6-9)13(15(20,21)22,16(23,24)25)27-11(26)14(17,18)19/h5-8H,4H2,1-3H3. The maximum absolute atomic E-state index is 13.3. The van der Waals surface area contributed by atoms with Gasteiger partial charge in [-0.15, -0.1) is 0 Å². The van der Waals surface area contributed by atoms with E-state index < -0.39 is 41.1 Å². The van der Waals surface area contributed by atoms with Crippen LogP contribution in [0.4, 0.5) is 39.5 Å². The number of carbonyl (C=O) groups excluding carboxylic acids is 1. The summed E-state index contributed by atoms with van der Waals surface area (Å²) in [7, 11) is 0. The molecule has 0 amide bonds. The first-order valence-corrected chi connectivity index (χ1v) is 7.45. The zero-order valence-electron chi connectivity index (χ0n) is 14.2. The van der Waals surface area contributed by atoms with E-state index in [4.69, 9.17) is 0 Å². The quantitative estimate of drug-likeness (QED) is 0.463. The van der Waals surface area contributed by atoms with E-state index in [0.717, 1.165) is 12.1 Å². The molecule has 27 heavy (non-hydrogen) atoms. The van der Waals surface area contributed by atoms with Crippen LogP contribution in [-0.4, -0.2) is 24.5 Å². The van der Waals surface area contributed by atoms with E-state index in [1.54, 1.807) is 20.8 Å². The Morgan fingerprint density at radius 2 is 1.19 bits per heavy atom. The zero-order chi connectivity index (χ0) is 21.5. The number of hydrogen-bond acceptors (Lipinski definition) is 2. The van der Waals surface area contributed by atoms with Crippen molar-refractivity contribution in [3.8, 4) is 0 Å². The van der Waals surface area contributed by atoms with E-state index in [0.29, 0.717) is 24.1 Å². The van der Waals surface area contributed by atoms with Crippen molar-refractivity contribution in [1.82, 2.24) is 0 Å². The highest BCUT2D eigenvalue weighted by atomic mass is 19.4. The molecular weight excluding hydrogens is 395 g/mol. The van der Waals surface area contributed by atoms with Crippen molar-refractivity contribution in [3.05, 3.63) is 35.4 Å². The van der Waals surface area contributed by atoms with Crippen molar-refractivity contribution in [3.63, 3.8) is 0 Å². The van der Waals surface area contributed by atoms with Crippen molar-refractivity contribution in [2.24, 2.45) is 0 Å². The fourth-order valence-electron chi connectivity index (χ4n) is 2.22. The van der Waals surface area contributed by atoms with Crippen LogP contribution in [-0.2, 0) is 20.5 Å². The van der Waals surface area contributed by atoms with Gasteiger partial charge in [0.05, 0.1) is 0 Å². The lowest BCUT2D eigenvalue weighted by molar-refractivity contribution is -0.382. The minimum absolute atomic E-state index is 0.356. The van der Waals surface area contributed by atoms with E-state index in [-0.39, 0.29) is 0 Å². The van der Waals surface area contributed by atoms with E-state index in [1.807, 2.05) is 0 Å². The summed E-state index contributed by atoms with van der Waals surface area (Å²) in [6.45, 7) is 5.08. The second-order valence-electron chi connectivity index (χ2n) is 6.38. The molecule has 0 unspecified atom stereocenters. The van der Waals surface area contributed by atoms with Crippen molar-refractivity contribution in [2.45, 2.75) is 56.7 Å². The summed E-state index contributed by atoms with van der Waals surface area (Å²) in [5.74, 6) is -3.60. The van der Waals surface area contributed by atoms with Crippen LogP contribution in [0.5, 0.6) is 0 Å². The molecule has 0 radical (unpaired) electrons. The van der Waals surface area contributed by atoms with Gasteiger partial charge in [-0.25, -0.2) is 4.79 Å². The molecule has 0 aliphatic heterocycles. The Morgan fingerprint density at radius 3 is 1.48 bits per heavy atom. The molecule has 2 nitrogen and oxygen atoms in total. The van der Waals surface area contributed by atoms with Gasteiger partial charge in [-0.1, -0.05) is 45.0 Å². The second kappa shape index (κ2) is 6.90. The molecule has 0 aliphatic carbocycles. The minimum atomic E-state index is -6.39. The summed E-state index contributed by atoms with van der Waals surface area (Å²) in [6, 6.07) is 2.56. The molecule has 0 N–H and O–H groups in total. The van der Waals surface area contributed by atoms with Crippen LogP contribution in [0.1, 0.15) is 38.3 Å². The Balaban J connectivity index is 3.66. The number of halogens is 9. The van der Waals surface area contributed by atoms with Gasteiger partial charge in [-0.3, -0.25) is 0 Å². The van der Waals surface area contributed by atoms with Gasteiger partial charge in [0, 0.05) is 5.56 Å². The van der Waals surface area contributed by atoms with Crippen molar-refractivity contribution in [1.29, 1.82) is 0 Å². The largest absolute Gasteiger partial charge is 0.490 e. The second-order valence-corrected chi connectivity index (χ2v) is 6.38. The molecule has 0 saturated carbocycles. The molecule has 0 atom stereocenters. The number of alkyl halides is 9. The van der Waals surface area contributed by atoms with E-state index in [1.165, 1.54) is 0 Å². The fourth-order valence-corrected chi connectivity index (χ4v) is 2.22. The van der Waals surface area contributed by atoms with Crippen LogP contribution in [0.2, 0.25) is 0 Å². The lowest BCUT2D eigenvalue weighted by Gasteiger charge is -2.37. The molecule has 0 aromatic heterocycles. The molecule has 0 spiro atoms. The zero-order valence-corrected chi connectivity index (χ0v) is 14.2. The minimum Gasteiger partial charge on any atom is -0.428 e. The van der Waals surface area contributed by atoms with Gasteiger partial charge in [-0.2, -0.15) is 39.5 Å². The van der Waals surface area contributed by atoms with Gasteiger partial charge in [-0.05, 0) is 17.4 Å². The van der Waals surface area contributed by atoms with Gasteiger partial charge in [0.1, 0.15) is 0 Å². The number of rotatable bonds is 4. The van der Waals surface area contributed by atoms with E-state index >= 15 is 0 Å². The van der Waals surface area contributed by atoms with Crippen LogP contribution in [0.3, 0.4) is 0 Å². The van der Waals surface area contributed by atoms with Crippen molar-refractivity contribution in [2.75, 3.05) is 0 Å². The third-order valence-corrected chi connectivity index (χ3v) is 4.23. The van der Waals surface area contributed by atoms with Crippen LogP contribution in [0.25, 0.3) is 0 Å². The number of hydrogen-bond donors (Lipinski definition) is 0. The van der Waals surface area contributed by atoms with E-state index in [2.05, 4.69) is 4.74 Å².